The molecule has 102 heavy (non-hydrogen) atoms. The summed E-state index contributed by atoms with van der Waals surface area (Å²) in [5.41, 5.74) is -3.86. The van der Waals surface area contributed by atoms with Crippen LogP contribution >= 0.6 is 11.6 Å². The number of alkyl halides is 8. The maximum absolute atomic E-state index is 16.1. The Bertz CT molecular complexity index is 3420. The van der Waals surface area contributed by atoms with E-state index in [0.29, 0.717) is 55.9 Å². The smallest absolute Gasteiger partial charge is 0.343 e. The molecule has 0 radical (unpaired) electrons. The normalized spacial score (nSPS) is 27.2. The van der Waals surface area contributed by atoms with Gasteiger partial charge in [-0.2, -0.15) is 26.3 Å². The molecule has 0 bridgehead atoms. The molecule has 2 aromatic carbocycles. The van der Waals surface area contributed by atoms with E-state index in [1.54, 1.807) is 20.8 Å². The van der Waals surface area contributed by atoms with Crippen LogP contribution in [-0.4, -0.2) is 232 Å². The van der Waals surface area contributed by atoms with E-state index >= 15 is 23.2 Å². The topological polar surface area (TPSA) is 250 Å². The van der Waals surface area contributed by atoms with Gasteiger partial charge in [-0.1, -0.05) is 96.0 Å². The van der Waals surface area contributed by atoms with Gasteiger partial charge in [-0.15, -0.1) is 0 Å². The van der Waals surface area contributed by atoms with Crippen LogP contribution in [0, 0.1) is 17.8 Å². The number of aryl methyl sites for hydroxylation is 1. The van der Waals surface area contributed by atoms with E-state index in [9.17, 15) is 64.7 Å². The summed E-state index contributed by atoms with van der Waals surface area (Å²) in [5.74, 6) is -14.3. The zero-order valence-electron chi connectivity index (χ0n) is 60.1. The van der Waals surface area contributed by atoms with Gasteiger partial charge in [0, 0.05) is 74.1 Å². The highest BCUT2D eigenvalue weighted by atomic mass is 35.5. The lowest BCUT2D eigenvalue weighted by Gasteiger charge is -2.45. The van der Waals surface area contributed by atoms with Gasteiger partial charge in [-0.25, -0.2) is 8.78 Å². The summed E-state index contributed by atoms with van der Waals surface area (Å²) in [6.45, 7) is 7.88. The van der Waals surface area contributed by atoms with E-state index in [-0.39, 0.29) is 62.1 Å². The lowest BCUT2D eigenvalue weighted by atomic mass is 9.81. The minimum Gasteiger partial charge on any atom is -0.343 e. The lowest BCUT2D eigenvalue weighted by Crippen LogP contribution is -2.65. The molecule has 11 amide bonds. The number of amides is 11. The molecule has 10 atom stereocenters. The molecule has 2 saturated carbocycles. The molecule has 3 heterocycles. The van der Waals surface area contributed by atoms with Crippen LogP contribution in [0.1, 0.15) is 160 Å². The van der Waals surface area contributed by atoms with Crippen LogP contribution in [0.4, 0.5) is 35.1 Å². The second-order valence-corrected chi connectivity index (χ2v) is 29.5. The summed E-state index contributed by atoms with van der Waals surface area (Å²) < 4.78 is 115. The molecule has 2 aromatic rings. The number of nitrogens with zero attached hydrogens (tertiary/aromatic N) is 8. The minimum atomic E-state index is -4.88. The van der Waals surface area contributed by atoms with Crippen molar-refractivity contribution < 1.29 is 87.9 Å². The largest absolute Gasteiger partial charge is 0.417 e. The summed E-state index contributed by atoms with van der Waals surface area (Å²) in [4.78, 5) is 172. The van der Waals surface area contributed by atoms with Gasteiger partial charge >= 0.3 is 12.4 Å². The summed E-state index contributed by atoms with van der Waals surface area (Å²) in [5, 5.41) is 7.35. The van der Waals surface area contributed by atoms with Gasteiger partial charge in [-0.05, 0) is 118 Å². The fraction of sp³-hybridized carbons (Fsp3) is 0.676. The van der Waals surface area contributed by atoms with E-state index in [4.69, 9.17) is 11.6 Å². The molecule has 566 valence electrons. The molecule has 3 N–H and O–H groups in total. The molecule has 22 nitrogen and oxygen atoms in total. The zero-order valence-corrected chi connectivity index (χ0v) is 60.8. The number of likely N-dealkylation sites (N-methyl/N-ethyl adjacent to an activating group) is 6. The number of fused-ring (bicyclic) bond motifs is 2. The van der Waals surface area contributed by atoms with Crippen molar-refractivity contribution in [3.05, 3.63) is 69.7 Å². The third-order valence-corrected chi connectivity index (χ3v) is 21.7. The van der Waals surface area contributed by atoms with Crippen molar-refractivity contribution in [2.24, 2.45) is 17.8 Å². The summed E-state index contributed by atoms with van der Waals surface area (Å²) in [6.07, 6.45) is -8.08. The fourth-order valence-electron chi connectivity index (χ4n) is 14.6. The third-order valence-electron chi connectivity index (χ3n) is 21.4. The average molecular weight is 1470 g/mol. The van der Waals surface area contributed by atoms with Crippen molar-refractivity contribution >= 4 is 76.6 Å². The van der Waals surface area contributed by atoms with Gasteiger partial charge < -0.3 is 55.1 Å². The standard InChI is InChI=1S/C71H98ClF8N11O11/c1-13-41(4)57-65(100)86(9)43(6)61(96)90-32-29-51(90)64(99)88(11)53(36-45-21-25-47(26-22-45)70(75,76)77)63(98)84(7)38-55(92)81-50(28-24-44-23-27-48(49(72)35-44)71(78,79)80)62(97)91-39-69(73,74)37-54(91)60(95)83-68(30-17-18-31-68)67(102)89(12)58(46-19-15-14-16-20-46)66(101)85(8)42(5)34-56(93)87(10)52(33-40(2)3)59(94)82-57/h21-23,25-27,35,40-43,46,50-54,57-58H,13-20,24,28-34,36-39H2,1-12H3,(H,81,92)(H,82,94)(H,83,95)/t41-,42+,43-,50-,51-,52-,53-,54-,57-,58-/m0/s1. The van der Waals surface area contributed by atoms with Gasteiger partial charge in [0.2, 0.25) is 65.0 Å². The Morgan fingerprint density at radius 1 is 0.627 bits per heavy atom. The van der Waals surface area contributed by atoms with Crippen LogP contribution in [0.3, 0.4) is 0 Å². The van der Waals surface area contributed by atoms with Crippen LogP contribution in [0.2, 0.25) is 5.02 Å². The van der Waals surface area contributed by atoms with Crippen molar-refractivity contribution in [2.75, 3.05) is 61.9 Å². The van der Waals surface area contributed by atoms with Crippen molar-refractivity contribution in [3.63, 3.8) is 0 Å². The number of carbonyl (C=O) groups excluding carboxylic acids is 11. The molecular weight excluding hydrogens is 1370 g/mol. The Morgan fingerprint density at radius 3 is 1.80 bits per heavy atom. The Hall–Kier alpha value is -7.66. The van der Waals surface area contributed by atoms with Crippen molar-refractivity contribution in [1.82, 2.24) is 55.1 Å². The predicted octanol–water partition coefficient (Wildman–Crippen LogP) is 7.50. The summed E-state index contributed by atoms with van der Waals surface area (Å²) >= 11 is 6.07. The van der Waals surface area contributed by atoms with Gasteiger partial charge in [-0.3, -0.25) is 52.7 Å². The number of rotatable bonds is 10. The van der Waals surface area contributed by atoms with Crippen LogP contribution in [-0.2, 0) is 77.9 Å². The number of benzene rings is 2. The second-order valence-electron chi connectivity index (χ2n) is 29.1. The van der Waals surface area contributed by atoms with Crippen LogP contribution in [0.25, 0.3) is 0 Å². The molecular formula is C71H98ClF8N11O11. The third kappa shape index (κ3) is 19.0. The molecule has 5 fully saturated rings. The lowest BCUT2D eigenvalue weighted by molar-refractivity contribution is -0.160. The summed E-state index contributed by atoms with van der Waals surface area (Å²) in [6, 6.07) is -6.20. The quantitative estimate of drug-likeness (QED) is 0.197. The van der Waals surface area contributed by atoms with Crippen molar-refractivity contribution in [3.8, 4) is 0 Å². The highest BCUT2D eigenvalue weighted by molar-refractivity contribution is 6.31. The van der Waals surface area contributed by atoms with E-state index in [2.05, 4.69) is 16.0 Å². The fourth-order valence-corrected chi connectivity index (χ4v) is 14.9. The van der Waals surface area contributed by atoms with Crippen LogP contribution in [0.15, 0.2) is 42.5 Å². The number of carbonyl (C=O) groups is 11. The first-order chi connectivity index (χ1) is 47.5. The minimum absolute atomic E-state index is 0.0106. The maximum Gasteiger partial charge on any atom is 0.417 e. The number of hydrogen-bond acceptors (Lipinski definition) is 11. The van der Waals surface area contributed by atoms with E-state index in [1.807, 2.05) is 13.8 Å². The highest BCUT2D eigenvalue weighted by Gasteiger charge is 2.55. The number of nitrogens with one attached hydrogen (secondary N) is 3. The first kappa shape index (κ1) is 81.6. The molecule has 0 unspecified atom stereocenters. The number of hydrogen-bond donors (Lipinski definition) is 3. The first-order valence-electron chi connectivity index (χ1n) is 35.0. The average Bonchev–Trinajstić information content (AvgIpc) is 1.43. The van der Waals surface area contributed by atoms with E-state index in [0.717, 1.165) is 64.6 Å². The SMILES string of the molecule is CC[C@H](C)[C@@H]1NC(=O)[C@H](CC(C)C)N(C)C(=O)C[C@@H](C)N(C)C(=O)[C@H](C2CCCCC2)N(C)C(=O)C2(CCCC2)NC(=O)[C@@H]2CC(F)(F)CN2C(=O)[C@H](CCc2ccc(C(F)(F)F)c(Cl)c2)NC(=O)CN(C)C(=O)[C@H](Cc2ccc(C(F)(F)F)cc2)N(C)C(=O)[C@@H]2CCN2C(=O)[C@H](C)N(C)C1=O. The Balaban J connectivity index is 1.30. The van der Waals surface area contributed by atoms with Gasteiger partial charge in [0.05, 0.1) is 29.2 Å². The Kier molecular flexibility index (Phi) is 26.7. The number of halogens is 9. The first-order valence-corrected chi connectivity index (χ1v) is 35.4. The molecule has 3 saturated heterocycles. The zero-order chi connectivity index (χ0) is 76.0. The van der Waals surface area contributed by atoms with Gasteiger partial charge in [0.1, 0.15) is 53.9 Å². The molecule has 7 rings (SSSR count). The van der Waals surface area contributed by atoms with Gasteiger partial charge in [0.25, 0.3) is 5.92 Å². The molecule has 31 heteroatoms. The molecule has 0 aromatic heterocycles. The van der Waals surface area contributed by atoms with Crippen molar-refractivity contribution in [1.29, 1.82) is 0 Å². The van der Waals surface area contributed by atoms with Crippen LogP contribution < -0.4 is 16.0 Å². The highest BCUT2D eigenvalue weighted by Crippen LogP contribution is 2.40. The monoisotopic (exact) mass is 1470 g/mol. The Morgan fingerprint density at radius 2 is 1.25 bits per heavy atom. The predicted molar refractivity (Wildman–Crippen MR) is 360 cm³/mol. The second kappa shape index (κ2) is 33.4. The van der Waals surface area contributed by atoms with Gasteiger partial charge in [0.15, 0.2) is 0 Å². The molecule has 3 aliphatic heterocycles. The maximum atomic E-state index is 16.1. The van der Waals surface area contributed by atoms with Crippen LogP contribution in [0.5, 0.6) is 0 Å². The Labute approximate surface area is 595 Å². The van der Waals surface area contributed by atoms with E-state index < -0.39 is 204 Å². The molecule has 1 spiro atoms. The van der Waals surface area contributed by atoms with E-state index in [1.165, 1.54) is 61.8 Å². The summed E-state index contributed by atoms with van der Waals surface area (Å²) in [7, 11) is 8.01. The molecule has 2 aliphatic carbocycles. The molecule has 5 aliphatic rings. The van der Waals surface area contributed by atoms with Crippen molar-refractivity contribution in [2.45, 2.75) is 229 Å².